The van der Waals surface area contributed by atoms with Gasteiger partial charge in [-0.05, 0) is 44.2 Å². The van der Waals surface area contributed by atoms with E-state index < -0.39 is 0 Å². The van der Waals surface area contributed by atoms with Crippen LogP contribution in [0.5, 0.6) is 11.5 Å². The van der Waals surface area contributed by atoms with E-state index in [1.54, 1.807) is 6.20 Å². The molecular weight excluding hydrogens is 356 g/mol. The Balaban J connectivity index is 1.65. The summed E-state index contributed by atoms with van der Waals surface area (Å²) in [6, 6.07) is 15.4. The fraction of sp³-hybridized carbons (Fsp3) is 0.190. The normalized spacial score (nSPS) is 10.8. The third-order valence-corrected chi connectivity index (χ3v) is 4.15. The van der Waals surface area contributed by atoms with Gasteiger partial charge in [-0.1, -0.05) is 23.4 Å². The molecule has 0 aliphatic heterocycles. The van der Waals surface area contributed by atoms with Crippen LogP contribution in [0, 0.1) is 0 Å². The summed E-state index contributed by atoms with van der Waals surface area (Å²) in [5.41, 5.74) is 3.56. The molecule has 0 amide bonds. The summed E-state index contributed by atoms with van der Waals surface area (Å²) < 4.78 is 16.8. The predicted molar refractivity (Wildman–Crippen MR) is 105 cm³/mol. The number of hydrogen-bond acceptors (Lipinski definition) is 6. The Labute approximate surface area is 162 Å². The molecule has 0 unspecified atom stereocenters. The van der Waals surface area contributed by atoms with Crippen molar-refractivity contribution in [1.29, 1.82) is 0 Å². The zero-order chi connectivity index (χ0) is 19.3. The van der Waals surface area contributed by atoms with Crippen molar-refractivity contribution in [1.82, 2.24) is 20.3 Å². The minimum Gasteiger partial charge on any atom is -0.490 e. The number of nitrogens with one attached hydrogen (secondary N) is 1. The van der Waals surface area contributed by atoms with E-state index in [0.29, 0.717) is 36.4 Å². The third-order valence-electron chi connectivity index (χ3n) is 4.15. The van der Waals surface area contributed by atoms with Gasteiger partial charge >= 0.3 is 0 Å². The Morgan fingerprint density at radius 2 is 1.71 bits per heavy atom. The lowest BCUT2D eigenvalue weighted by atomic mass is 10.1. The van der Waals surface area contributed by atoms with E-state index in [0.717, 1.165) is 22.4 Å². The minimum atomic E-state index is 0.422. The summed E-state index contributed by atoms with van der Waals surface area (Å²) in [5.74, 6) is 2.29. The Morgan fingerprint density at radius 1 is 0.893 bits per heavy atom. The minimum absolute atomic E-state index is 0.422. The molecule has 2 aromatic carbocycles. The van der Waals surface area contributed by atoms with Gasteiger partial charge in [0.05, 0.1) is 18.9 Å². The van der Waals surface area contributed by atoms with Gasteiger partial charge in [0, 0.05) is 22.9 Å². The van der Waals surface area contributed by atoms with Crippen LogP contribution >= 0.6 is 0 Å². The second kappa shape index (κ2) is 7.96. The molecule has 0 saturated carbocycles. The van der Waals surface area contributed by atoms with Gasteiger partial charge in [-0.2, -0.15) is 10.1 Å². The fourth-order valence-corrected chi connectivity index (χ4v) is 2.88. The number of aromatic amines is 1. The number of ether oxygens (including phenoxy) is 2. The Hall–Kier alpha value is -3.61. The van der Waals surface area contributed by atoms with Crippen molar-refractivity contribution in [3.05, 3.63) is 54.7 Å². The van der Waals surface area contributed by atoms with Crippen molar-refractivity contribution in [2.24, 2.45) is 0 Å². The number of hydrogen-bond donors (Lipinski definition) is 1. The standard InChI is InChI=1S/C21H20N4O3/c1-3-26-18-9-8-16(13-19(18)27-4-2)21-23-20(25-28-21)15-7-5-6-14(12-15)17-10-11-22-24-17/h5-13H,3-4H2,1-2H3,(H,22,24). The quantitative estimate of drug-likeness (QED) is 0.508. The molecule has 7 nitrogen and oxygen atoms in total. The van der Waals surface area contributed by atoms with E-state index >= 15 is 0 Å². The van der Waals surface area contributed by atoms with Crippen molar-refractivity contribution in [3.8, 4) is 45.6 Å². The maximum absolute atomic E-state index is 5.68. The van der Waals surface area contributed by atoms with E-state index in [1.165, 1.54) is 0 Å². The average Bonchev–Trinajstić information content (AvgIpc) is 3.42. The summed E-state index contributed by atoms with van der Waals surface area (Å²) >= 11 is 0. The van der Waals surface area contributed by atoms with E-state index in [-0.39, 0.29) is 0 Å². The highest BCUT2D eigenvalue weighted by molar-refractivity contribution is 5.69. The molecule has 7 heteroatoms. The van der Waals surface area contributed by atoms with Gasteiger partial charge in [-0.15, -0.1) is 0 Å². The Morgan fingerprint density at radius 3 is 2.50 bits per heavy atom. The van der Waals surface area contributed by atoms with Gasteiger partial charge in [0.15, 0.2) is 11.5 Å². The number of nitrogens with zero attached hydrogens (tertiary/aromatic N) is 3. The zero-order valence-electron chi connectivity index (χ0n) is 15.7. The second-order valence-corrected chi connectivity index (χ2v) is 6.00. The molecule has 142 valence electrons. The van der Waals surface area contributed by atoms with Crippen LogP contribution in [0.4, 0.5) is 0 Å². The van der Waals surface area contributed by atoms with Crippen LogP contribution in [0.1, 0.15) is 13.8 Å². The number of aromatic nitrogens is 4. The topological polar surface area (TPSA) is 86.1 Å². The molecule has 0 radical (unpaired) electrons. The first-order chi connectivity index (χ1) is 13.8. The first-order valence-electron chi connectivity index (χ1n) is 9.12. The van der Waals surface area contributed by atoms with Crippen molar-refractivity contribution in [2.75, 3.05) is 13.2 Å². The highest BCUT2D eigenvalue weighted by Crippen LogP contribution is 2.33. The highest BCUT2D eigenvalue weighted by Gasteiger charge is 2.14. The van der Waals surface area contributed by atoms with Crippen molar-refractivity contribution >= 4 is 0 Å². The van der Waals surface area contributed by atoms with Gasteiger partial charge in [0.2, 0.25) is 5.82 Å². The summed E-state index contributed by atoms with van der Waals surface area (Å²) in [7, 11) is 0. The van der Waals surface area contributed by atoms with Crippen LogP contribution < -0.4 is 9.47 Å². The molecule has 2 heterocycles. The van der Waals surface area contributed by atoms with E-state index in [2.05, 4.69) is 20.3 Å². The highest BCUT2D eigenvalue weighted by atomic mass is 16.5. The van der Waals surface area contributed by atoms with Gasteiger partial charge in [-0.25, -0.2) is 0 Å². The first kappa shape index (κ1) is 17.8. The molecule has 4 rings (SSSR count). The van der Waals surface area contributed by atoms with E-state index in [9.17, 15) is 0 Å². The molecule has 1 N–H and O–H groups in total. The van der Waals surface area contributed by atoms with Crippen LogP contribution in [-0.2, 0) is 0 Å². The largest absolute Gasteiger partial charge is 0.490 e. The number of benzene rings is 2. The van der Waals surface area contributed by atoms with Crippen molar-refractivity contribution in [3.63, 3.8) is 0 Å². The summed E-state index contributed by atoms with van der Waals surface area (Å²) in [5, 5.41) is 11.1. The van der Waals surface area contributed by atoms with Crippen LogP contribution in [-0.4, -0.2) is 33.6 Å². The molecule has 0 saturated heterocycles. The Bertz CT molecular complexity index is 1060. The molecule has 0 atom stereocenters. The molecule has 2 aromatic heterocycles. The third kappa shape index (κ3) is 3.59. The monoisotopic (exact) mass is 376 g/mol. The van der Waals surface area contributed by atoms with Crippen LogP contribution in [0.25, 0.3) is 34.1 Å². The molecule has 4 aromatic rings. The zero-order valence-corrected chi connectivity index (χ0v) is 15.7. The Kier molecular flexibility index (Phi) is 5.05. The number of rotatable bonds is 7. The first-order valence-corrected chi connectivity index (χ1v) is 9.12. The summed E-state index contributed by atoms with van der Waals surface area (Å²) in [6.07, 6.45) is 1.72. The van der Waals surface area contributed by atoms with Gasteiger partial charge in [0.25, 0.3) is 5.89 Å². The van der Waals surface area contributed by atoms with E-state index in [4.69, 9.17) is 14.0 Å². The maximum atomic E-state index is 5.68. The second-order valence-electron chi connectivity index (χ2n) is 6.00. The smallest absolute Gasteiger partial charge is 0.258 e. The summed E-state index contributed by atoms with van der Waals surface area (Å²) in [6.45, 7) is 4.97. The molecule has 28 heavy (non-hydrogen) atoms. The van der Waals surface area contributed by atoms with Crippen LogP contribution in [0.15, 0.2) is 59.3 Å². The van der Waals surface area contributed by atoms with Crippen LogP contribution in [0.3, 0.4) is 0 Å². The van der Waals surface area contributed by atoms with Crippen molar-refractivity contribution in [2.45, 2.75) is 13.8 Å². The number of H-pyrrole nitrogens is 1. The van der Waals surface area contributed by atoms with E-state index in [1.807, 2.05) is 62.4 Å². The predicted octanol–water partition coefficient (Wildman–Crippen LogP) is 4.59. The maximum Gasteiger partial charge on any atom is 0.258 e. The van der Waals surface area contributed by atoms with Gasteiger partial charge < -0.3 is 14.0 Å². The average molecular weight is 376 g/mol. The molecule has 0 bridgehead atoms. The fourth-order valence-electron chi connectivity index (χ4n) is 2.88. The summed E-state index contributed by atoms with van der Waals surface area (Å²) in [4.78, 5) is 4.55. The van der Waals surface area contributed by atoms with Gasteiger partial charge in [-0.3, -0.25) is 5.10 Å². The molecule has 0 fully saturated rings. The lowest BCUT2D eigenvalue weighted by Gasteiger charge is -2.11. The lowest BCUT2D eigenvalue weighted by molar-refractivity contribution is 0.288. The lowest BCUT2D eigenvalue weighted by Crippen LogP contribution is -1.98. The van der Waals surface area contributed by atoms with Crippen molar-refractivity contribution < 1.29 is 14.0 Å². The van der Waals surface area contributed by atoms with Gasteiger partial charge in [0.1, 0.15) is 0 Å². The van der Waals surface area contributed by atoms with Crippen LogP contribution in [0.2, 0.25) is 0 Å². The SMILES string of the molecule is CCOc1ccc(-c2nc(-c3cccc(-c4ccn[nH]4)c3)no2)cc1OCC. The molecule has 0 aliphatic rings. The molecular formula is C21H20N4O3. The molecule has 0 aliphatic carbocycles. The molecule has 0 spiro atoms.